The Morgan fingerprint density at radius 1 is 1.29 bits per heavy atom. The molecule has 1 aliphatic rings. The molecule has 0 aromatic carbocycles. The zero-order valence-electron chi connectivity index (χ0n) is 12.3. The Morgan fingerprint density at radius 3 is 2.06 bits per heavy atom. The van der Waals surface area contributed by atoms with Crippen molar-refractivity contribution in [2.24, 2.45) is 17.1 Å². The lowest BCUT2D eigenvalue weighted by Gasteiger charge is -2.32. The SMILES string of the molecule is CC1(C)CC(C(=O)C(N)C(C)(C)C)C(C)(C)O1. The minimum atomic E-state index is -0.427. The summed E-state index contributed by atoms with van der Waals surface area (Å²) in [4.78, 5) is 12.5. The number of carbonyl (C=O) groups excluding carboxylic acids is 1. The van der Waals surface area contributed by atoms with E-state index in [1.165, 1.54) is 0 Å². The van der Waals surface area contributed by atoms with Crippen molar-refractivity contribution in [1.82, 2.24) is 0 Å². The van der Waals surface area contributed by atoms with Crippen LogP contribution in [0.1, 0.15) is 54.9 Å². The van der Waals surface area contributed by atoms with Crippen molar-refractivity contribution < 1.29 is 9.53 Å². The molecule has 3 nitrogen and oxygen atoms in total. The second kappa shape index (κ2) is 4.06. The second-order valence-electron chi connectivity index (χ2n) is 7.47. The van der Waals surface area contributed by atoms with Gasteiger partial charge in [-0.05, 0) is 39.5 Å². The van der Waals surface area contributed by atoms with Crippen LogP contribution in [0.4, 0.5) is 0 Å². The van der Waals surface area contributed by atoms with Crippen LogP contribution in [-0.4, -0.2) is 23.0 Å². The van der Waals surface area contributed by atoms with Gasteiger partial charge in [0.2, 0.25) is 0 Å². The summed E-state index contributed by atoms with van der Waals surface area (Å²) < 4.78 is 5.96. The summed E-state index contributed by atoms with van der Waals surface area (Å²) in [7, 11) is 0. The first-order chi connectivity index (χ1) is 7.37. The molecule has 0 spiro atoms. The van der Waals surface area contributed by atoms with Crippen molar-refractivity contribution >= 4 is 5.78 Å². The average molecular weight is 241 g/mol. The topological polar surface area (TPSA) is 52.3 Å². The lowest BCUT2D eigenvalue weighted by atomic mass is 9.75. The van der Waals surface area contributed by atoms with Crippen LogP contribution in [0, 0.1) is 11.3 Å². The Labute approximate surface area is 105 Å². The molecule has 17 heavy (non-hydrogen) atoms. The summed E-state index contributed by atoms with van der Waals surface area (Å²) in [5.41, 5.74) is 5.24. The molecule has 2 atom stereocenters. The largest absolute Gasteiger partial charge is 0.369 e. The van der Waals surface area contributed by atoms with Crippen molar-refractivity contribution in [3.8, 4) is 0 Å². The summed E-state index contributed by atoms with van der Waals surface area (Å²) in [5.74, 6) is 0.0276. The highest BCUT2D eigenvalue weighted by Gasteiger charge is 2.51. The Morgan fingerprint density at radius 2 is 1.76 bits per heavy atom. The van der Waals surface area contributed by atoms with E-state index < -0.39 is 11.6 Å². The van der Waals surface area contributed by atoms with Gasteiger partial charge in [-0.25, -0.2) is 0 Å². The first-order valence-corrected chi connectivity index (χ1v) is 6.36. The fourth-order valence-corrected chi connectivity index (χ4v) is 2.65. The van der Waals surface area contributed by atoms with Gasteiger partial charge < -0.3 is 10.5 Å². The van der Waals surface area contributed by atoms with Gasteiger partial charge in [-0.3, -0.25) is 4.79 Å². The predicted molar refractivity (Wildman–Crippen MR) is 69.8 cm³/mol. The molecule has 0 saturated carbocycles. The van der Waals surface area contributed by atoms with E-state index >= 15 is 0 Å². The van der Waals surface area contributed by atoms with Crippen LogP contribution >= 0.6 is 0 Å². The van der Waals surface area contributed by atoms with Crippen LogP contribution in [0.3, 0.4) is 0 Å². The molecule has 0 aromatic heterocycles. The van der Waals surface area contributed by atoms with E-state index in [0.29, 0.717) is 0 Å². The number of Topliss-reactive ketones (excluding diaryl/α,β-unsaturated/α-hetero) is 1. The molecule has 1 saturated heterocycles. The summed E-state index contributed by atoms with van der Waals surface area (Å²) in [6.45, 7) is 14.0. The van der Waals surface area contributed by atoms with E-state index in [-0.39, 0.29) is 22.7 Å². The Hall–Kier alpha value is -0.410. The third kappa shape index (κ3) is 3.08. The van der Waals surface area contributed by atoms with Crippen LogP contribution in [-0.2, 0) is 9.53 Å². The van der Waals surface area contributed by atoms with Crippen molar-refractivity contribution in [3.05, 3.63) is 0 Å². The maximum atomic E-state index is 12.5. The van der Waals surface area contributed by atoms with Gasteiger partial charge >= 0.3 is 0 Å². The summed E-state index contributed by atoms with van der Waals surface area (Å²) in [6, 6.07) is -0.427. The number of ether oxygens (including phenoxy) is 1. The van der Waals surface area contributed by atoms with Crippen molar-refractivity contribution in [2.45, 2.75) is 72.1 Å². The van der Waals surface area contributed by atoms with Gasteiger partial charge in [0.05, 0.1) is 23.2 Å². The van der Waals surface area contributed by atoms with Gasteiger partial charge in [0.1, 0.15) is 0 Å². The van der Waals surface area contributed by atoms with Crippen molar-refractivity contribution in [2.75, 3.05) is 0 Å². The molecular weight excluding hydrogens is 214 g/mol. The van der Waals surface area contributed by atoms with Gasteiger partial charge in [0, 0.05) is 0 Å². The van der Waals surface area contributed by atoms with E-state index in [4.69, 9.17) is 10.5 Å². The monoisotopic (exact) mass is 241 g/mol. The van der Waals surface area contributed by atoms with Gasteiger partial charge in [0.25, 0.3) is 0 Å². The Bertz CT molecular complexity index is 313. The summed E-state index contributed by atoms with van der Waals surface area (Å²) in [6.07, 6.45) is 0.753. The van der Waals surface area contributed by atoms with Crippen molar-refractivity contribution in [3.63, 3.8) is 0 Å². The third-order valence-electron chi connectivity index (χ3n) is 3.66. The molecule has 2 unspecified atom stereocenters. The minimum absolute atomic E-state index is 0.105. The molecule has 0 radical (unpaired) electrons. The molecule has 100 valence electrons. The molecule has 2 N–H and O–H groups in total. The fourth-order valence-electron chi connectivity index (χ4n) is 2.65. The van der Waals surface area contributed by atoms with E-state index in [1.54, 1.807) is 0 Å². The molecule has 0 aliphatic carbocycles. The molecule has 0 bridgehead atoms. The van der Waals surface area contributed by atoms with Gasteiger partial charge in [-0.15, -0.1) is 0 Å². The fraction of sp³-hybridized carbons (Fsp3) is 0.929. The number of hydrogen-bond donors (Lipinski definition) is 1. The molecule has 0 amide bonds. The maximum absolute atomic E-state index is 12.5. The molecule has 1 rings (SSSR count). The van der Waals surface area contributed by atoms with E-state index in [2.05, 4.69) is 0 Å². The highest BCUT2D eigenvalue weighted by atomic mass is 16.5. The first kappa shape index (κ1) is 14.7. The van der Waals surface area contributed by atoms with Crippen molar-refractivity contribution in [1.29, 1.82) is 0 Å². The van der Waals surface area contributed by atoms with Crippen LogP contribution in [0.2, 0.25) is 0 Å². The predicted octanol–water partition coefficient (Wildman–Crippen LogP) is 2.52. The van der Waals surface area contributed by atoms with Crippen LogP contribution < -0.4 is 5.73 Å². The van der Waals surface area contributed by atoms with E-state index in [9.17, 15) is 4.79 Å². The normalized spacial score (nSPS) is 29.1. The highest BCUT2D eigenvalue weighted by Crippen LogP contribution is 2.43. The molecule has 1 heterocycles. The summed E-state index contributed by atoms with van der Waals surface area (Å²) in [5, 5.41) is 0. The Balaban J connectivity index is 2.91. The number of nitrogens with two attached hydrogens (primary N) is 1. The number of ketones is 1. The average Bonchev–Trinajstić information content (AvgIpc) is 2.30. The smallest absolute Gasteiger partial charge is 0.156 e. The number of carbonyl (C=O) groups is 1. The van der Waals surface area contributed by atoms with E-state index in [1.807, 2.05) is 48.5 Å². The summed E-state index contributed by atoms with van der Waals surface area (Å²) >= 11 is 0. The molecular formula is C14H27NO2. The second-order valence-corrected chi connectivity index (χ2v) is 7.47. The van der Waals surface area contributed by atoms with Gasteiger partial charge in [-0.1, -0.05) is 20.8 Å². The molecule has 1 fully saturated rings. The van der Waals surface area contributed by atoms with Gasteiger partial charge in [0.15, 0.2) is 5.78 Å². The molecule has 0 aromatic rings. The third-order valence-corrected chi connectivity index (χ3v) is 3.66. The molecule has 3 heteroatoms. The van der Waals surface area contributed by atoms with Crippen LogP contribution in [0.15, 0.2) is 0 Å². The Kier molecular flexibility index (Phi) is 3.50. The zero-order valence-corrected chi connectivity index (χ0v) is 12.3. The first-order valence-electron chi connectivity index (χ1n) is 6.36. The van der Waals surface area contributed by atoms with E-state index in [0.717, 1.165) is 6.42 Å². The number of rotatable bonds is 2. The minimum Gasteiger partial charge on any atom is -0.369 e. The van der Waals surface area contributed by atoms with Gasteiger partial charge in [-0.2, -0.15) is 0 Å². The quantitative estimate of drug-likeness (QED) is 0.808. The lowest BCUT2D eigenvalue weighted by Crippen LogP contribution is -2.49. The number of hydrogen-bond acceptors (Lipinski definition) is 3. The van der Waals surface area contributed by atoms with Crippen LogP contribution in [0.5, 0.6) is 0 Å². The zero-order chi connectivity index (χ0) is 13.6. The lowest BCUT2D eigenvalue weighted by molar-refractivity contribution is -0.132. The highest BCUT2D eigenvalue weighted by molar-refractivity contribution is 5.88. The standard InChI is InChI=1S/C14H27NO2/c1-12(2,3)11(15)10(16)9-8-13(4,5)17-14(9,6)7/h9,11H,8,15H2,1-7H3. The maximum Gasteiger partial charge on any atom is 0.156 e. The molecule has 1 aliphatic heterocycles. The van der Waals surface area contributed by atoms with Crippen LogP contribution in [0.25, 0.3) is 0 Å².